The van der Waals surface area contributed by atoms with E-state index in [0.717, 1.165) is 23.0 Å². The number of halogens is 2. The van der Waals surface area contributed by atoms with Crippen molar-refractivity contribution in [2.45, 2.75) is 44.6 Å². The van der Waals surface area contributed by atoms with E-state index in [1.165, 1.54) is 19.3 Å². The van der Waals surface area contributed by atoms with E-state index < -0.39 is 0 Å². The van der Waals surface area contributed by atoms with Gasteiger partial charge in [0, 0.05) is 28.4 Å². The smallest absolute Gasteiger partial charge is 0.137 e. The highest BCUT2D eigenvalue weighted by molar-refractivity contribution is 9.10. The van der Waals surface area contributed by atoms with Crippen LogP contribution in [0, 0.1) is 0 Å². The molecule has 1 aromatic rings. The van der Waals surface area contributed by atoms with E-state index in [0.29, 0.717) is 23.9 Å². The second kappa shape index (κ2) is 7.41. The van der Waals surface area contributed by atoms with Crippen LogP contribution in [0.5, 0.6) is 0 Å². The van der Waals surface area contributed by atoms with Crippen molar-refractivity contribution in [3.63, 3.8) is 0 Å². The number of hydrogen-bond acceptors (Lipinski definition) is 2. The molecule has 19 heavy (non-hydrogen) atoms. The minimum Gasteiger partial charge on any atom is -0.314 e. The van der Waals surface area contributed by atoms with Gasteiger partial charge >= 0.3 is 0 Å². The normalized spacial score (nSPS) is 19.4. The van der Waals surface area contributed by atoms with Crippen molar-refractivity contribution in [3.8, 4) is 0 Å². The lowest BCUT2D eigenvalue weighted by Crippen LogP contribution is -2.34. The molecular formula is C15H19BrClNO. The molecule has 1 unspecified atom stereocenters. The molecule has 0 bridgehead atoms. The predicted octanol–water partition coefficient (Wildman–Crippen LogP) is 4.14. The molecule has 1 saturated heterocycles. The molecule has 0 aromatic heterocycles. The maximum Gasteiger partial charge on any atom is 0.137 e. The van der Waals surface area contributed by atoms with Crippen molar-refractivity contribution < 1.29 is 4.79 Å². The van der Waals surface area contributed by atoms with Crippen molar-refractivity contribution in [1.82, 2.24) is 5.32 Å². The molecule has 1 aromatic carbocycles. The number of carbonyl (C=O) groups is 1. The third-order valence-corrected chi connectivity index (χ3v) is 4.43. The number of nitrogens with one attached hydrogen (secondary N) is 1. The van der Waals surface area contributed by atoms with E-state index in [1.807, 2.05) is 18.2 Å². The second-order valence-electron chi connectivity index (χ2n) is 5.14. The number of rotatable bonds is 5. The first-order valence-corrected chi connectivity index (χ1v) is 8.01. The van der Waals surface area contributed by atoms with Crippen molar-refractivity contribution in [1.29, 1.82) is 0 Å². The van der Waals surface area contributed by atoms with Crippen molar-refractivity contribution >= 4 is 33.3 Å². The Bertz CT molecular complexity index is 444. The van der Waals surface area contributed by atoms with E-state index in [-0.39, 0.29) is 5.78 Å². The summed E-state index contributed by atoms with van der Waals surface area (Å²) in [4.78, 5) is 12.0. The van der Waals surface area contributed by atoms with Gasteiger partial charge < -0.3 is 5.32 Å². The van der Waals surface area contributed by atoms with Gasteiger partial charge in [0.25, 0.3) is 0 Å². The standard InChI is InChI=1S/C15H19BrClNO/c16-12-5-4-11(15(17)10-12)9-14(19)7-6-13-3-1-2-8-18-13/h4-5,10,13,18H,1-3,6-9H2. The minimum atomic E-state index is 0.275. The van der Waals surface area contributed by atoms with Gasteiger partial charge in [0.2, 0.25) is 0 Å². The Kier molecular flexibility index (Phi) is 5.86. The molecule has 1 atom stereocenters. The Morgan fingerprint density at radius 2 is 2.26 bits per heavy atom. The predicted molar refractivity (Wildman–Crippen MR) is 82.7 cm³/mol. The van der Waals surface area contributed by atoms with Crippen LogP contribution in [-0.4, -0.2) is 18.4 Å². The highest BCUT2D eigenvalue weighted by Crippen LogP contribution is 2.22. The van der Waals surface area contributed by atoms with Gasteiger partial charge in [-0.05, 0) is 43.5 Å². The number of Topliss-reactive ketones (excluding diaryl/α,β-unsaturated/α-hetero) is 1. The van der Waals surface area contributed by atoms with Gasteiger partial charge in [-0.3, -0.25) is 4.79 Å². The Morgan fingerprint density at radius 3 is 2.95 bits per heavy atom. The van der Waals surface area contributed by atoms with Crippen LogP contribution < -0.4 is 5.32 Å². The minimum absolute atomic E-state index is 0.275. The Hall–Kier alpha value is -0.380. The average molecular weight is 345 g/mol. The summed E-state index contributed by atoms with van der Waals surface area (Å²) in [5.41, 5.74) is 0.923. The largest absolute Gasteiger partial charge is 0.314 e. The Morgan fingerprint density at radius 1 is 1.42 bits per heavy atom. The highest BCUT2D eigenvalue weighted by Gasteiger charge is 2.14. The lowest BCUT2D eigenvalue weighted by atomic mass is 9.97. The topological polar surface area (TPSA) is 29.1 Å². The highest BCUT2D eigenvalue weighted by atomic mass is 79.9. The molecule has 1 N–H and O–H groups in total. The molecule has 1 aliphatic heterocycles. The zero-order valence-corrected chi connectivity index (χ0v) is 13.3. The van der Waals surface area contributed by atoms with Crippen LogP contribution >= 0.6 is 27.5 Å². The zero-order valence-electron chi connectivity index (χ0n) is 10.9. The zero-order chi connectivity index (χ0) is 13.7. The first-order valence-electron chi connectivity index (χ1n) is 6.84. The molecule has 0 radical (unpaired) electrons. The molecule has 104 valence electrons. The van der Waals surface area contributed by atoms with Gasteiger partial charge in [-0.15, -0.1) is 0 Å². The molecule has 2 nitrogen and oxygen atoms in total. The van der Waals surface area contributed by atoms with Crippen LogP contribution in [0.1, 0.15) is 37.7 Å². The van der Waals surface area contributed by atoms with E-state index in [4.69, 9.17) is 11.6 Å². The van der Waals surface area contributed by atoms with E-state index in [1.54, 1.807) is 0 Å². The summed E-state index contributed by atoms with van der Waals surface area (Å²) >= 11 is 9.50. The fourth-order valence-corrected chi connectivity index (χ4v) is 3.21. The van der Waals surface area contributed by atoms with E-state index in [9.17, 15) is 4.79 Å². The van der Waals surface area contributed by atoms with Crippen molar-refractivity contribution in [2.24, 2.45) is 0 Å². The van der Waals surface area contributed by atoms with Crippen molar-refractivity contribution in [3.05, 3.63) is 33.3 Å². The molecule has 1 aliphatic rings. The molecule has 0 saturated carbocycles. The average Bonchev–Trinajstić information content (AvgIpc) is 2.41. The maximum atomic E-state index is 12.0. The summed E-state index contributed by atoms with van der Waals surface area (Å²) < 4.78 is 0.945. The van der Waals surface area contributed by atoms with Crippen LogP contribution in [0.4, 0.5) is 0 Å². The molecule has 0 aliphatic carbocycles. The number of piperidine rings is 1. The first kappa shape index (κ1) is 15.0. The molecular weight excluding hydrogens is 326 g/mol. The van der Waals surface area contributed by atoms with Crippen molar-refractivity contribution in [2.75, 3.05) is 6.54 Å². The van der Waals surface area contributed by atoms with Gasteiger partial charge in [0.1, 0.15) is 5.78 Å². The maximum absolute atomic E-state index is 12.0. The van der Waals surface area contributed by atoms with Gasteiger partial charge in [0.05, 0.1) is 0 Å². The van der Waals surface area contributed by atoms with Crippen LogP contribution in [-0.2, 0) is 11.2 Å². The van der Waals surface area contributed by atoms with Crippen LogP contribution in [0.3, 0.4) is 0 Å². The summed E-state index contributed by atoms with van der Waals surface area (Å²) in [7, 11) is 0. The number of hydrogen-bond donors (Lipinski definition) is 1. The van der Waals surface area contributed by atoms with Gasteiger partial charge in [0.15, 0.2) is 0 Å². The fourth-order valence-electron chi connectivity index (χ4n) is 2.47. The van der Waals surface area contributed by atoms with Gasteiger partial charge in [-0.2, -0.15) is 0 Å². The van der Waals surface area contributed by atoms with Crippen LogP contribution in [0.15, 0.2) is 22.7 Å². The Labute approximate surface area is 128 Å². The number of carbonyl (C=O) groups excluding carboxylic acids is 1. The quantitative estimate of drug-likeness (QED) is 0.870. The molecule has 0 spiro atoms. The Balaban J connectivity index is 1.80. The monoisotopic (exact) mass is 343 g/mol. The molecule has 0 amide bonds. The third-order valence-electron chi connectivity index (χ3n) is 3.59. The lowest BCUT2D eigenvalue weighted by molar-refractivity contribution is -0.118. The fraction of sp³-hybridized carbons (Fsp3) is 0.533. The SMILES string of the molecule is O=C(CCC1CCCCN1)Cc1ccc(Br)cc1Cl. The summed E-state index contributed by atoms with van der Waals surface area (Å²) in [5, 5.41) is 4.14. The van der Waals surface area contributed by atoms with Crippen LogP contribution in [0.2, 0.25) is 5.02 Å². The molecule has 4 heteroatoms. The molecule has 1 heterocycles. The summed E-state index contributed by atoms with van der Waals surface area (Å²) in [6.07, 6.45) is 5.78. The first-order chi connectivity index (χ1) is 9.15. The van der Waals surface area contributed by atoms with Gasteiger partial charge in [-0.25, -0.2) is 0 Å². The van der Waals surface area contributed by atoms with Crippen LogP contribution in [0.25, 0.3) is 0 Å². The lowest BCUT2D eigenvalue weighted by Gasteiger charge is -2.23. The number of benzene rings is 1. The molecule has 2 rings (SSSR count). The van der Waals surface area contributed by atoms with E-state index >= 15 is 0 Å². The van der Waals surface area contributed by atoms with E-state index in [2.05, 4.69) is 21.2 Å². The number of ketones is 1. The third kappa shape index (κ3) is 4.90. The second-order valence-corrected chi connectivity index (χ2v) is 6.46. The molecule has 1 fully saturated rings. The summed E-state index contributed by atoms with van der Waals surface area (Å²) in [6, 6.07) is 6.21. The summed E-state index contributed by atoms with van der Waals surface area (Å²) in [6.45, 7) is 1.09. The van der Waals surface area contributed by atoms with Gasteiger partial charge in [-0.1, -0.05) is 40.0 Å². The summed E-state index contributed by atoms with van der Waals surface area (Å²) in [5.74, 6) is 0.275.